The van der Waals surface area contributed by atoms with Crippen LogP contribution in [0, 0.1) is 0 Å². The number of anilines is 2. The highest BCUT2D eigenvalue weighted by atomic mass is 79.9. The molecule has 0 atom stereocenters. The van der Waals surface area contributed by atoms with E-state index in [4.69, 9.17) is 0 Å². The van der Waals surface area contributed by atoms with Gasteiger partial charge in [0.1, 0.15) is 0 Å². The summed E-state index contributed by atoms with van der Waals surface area (Å²) in [7, 11) is 3.93. The maximum atomic E-state index is 12.2. The van der Waals surface area contributed by atoms with Crippen LogP contribution in [0.2, 0.25) is 0 Å². The summed E-state index contributed by atoms with van der Waals surface area (Å²) in [5.74, 6) is 0.0353. The lowest BCUT2D eigenvalue weighted by Crippen LogP contribution is -2.46. The van der Waals surface area contributed by atoms with Crippen molar-refractivity contribution in [2.45, 2.75) is 0 Å². The van der Waals surface area contributed by atoms with E-state index >= 15 is 0 Å². The molecule has 0 bridgehead atoms. The first-order valence-corrected chi connectivity index (χ1v) is 7.55. The molecule has 2 rings (SSSR count). The van der Waals surface area contributed by atoms with Crippen molar-refractivity contribution in [3.05, 3.63) is 22.7 Å². The second-order valence-corrected chi connectivity index (χ2v) is 6.05. The molecule has 6 heteroatoms. The number of carbonyl (C=O) groups excluding carboxylic acids is 1. The van der Waals surface area contributed by atoms with E-state index in [2.05, 4.69) is 31.5 Å². The number of piperazine rings is 1. The molecule has 1 amide bonds. The fourth-order valence-electron chi connectivity index (χ4n) is 2.26. The quantitative estimate of drug-likeness (QED) is 0.868. The Balaban J connectivity index is 2.01. The van der Waals surface area contributed by atoms with Gasteiger partial charge < -0.3 is 15.5 Å². The van der Waals surface area contributed by atoms with Gasteiger partial charge in [0.25, 0.3) is 0 Å². The Bertz CT molecular complexity index is 472. The Morgan fingerprint density at radius 1 is 1.40 bits per heavy atom. The highest BCUT2D eigenvalue weighted by molar-refractivity contribution is 9.10. The number of halogens is 1. The summed E-state index contributed by atoms with van der Waals surface area (Å²) in [5, 5.41) is 6.29. The fraction of sp³-hybridized carbons (Fsp3) is 0.500. The number of nitrogens with zero attached hydrogens (tertiary/aromatic N) is 2. The number of hydrogen-bond donors (Lipinski definition) is 2. The van der Waals surface area contributed by atoms with Crippen LogP contribution >= 0.6 is 15.9 Å². The van der Waals surface area contributed by atoms with Crippen LogP contribution in [0.25, 0.3) is 0 Å². The van der Waals surface area contributed by atoms with Crippen LogP contribution < -0.4 is 15.5 Å². The zero-order valence-corrected chi connectivity index (χ0v) is 13.5. The minimum atomic E-state index is 0.0353. The molecule has 1 aromatic rings. The topological polar surface area (TPSA) is 47.6 Å². The predicted octanol–water partition coefficient (Wildman–Crippen LogP) is 1.36. The molecule has 1 saturated heterocycles. The molecular weight excluding hydrogens is 320 g/mol. The molecule has 0 spiro atoms. The van der Waals surface area contributed by atoms with Crippen LogP contribution in [0.15, 0.2) is 22.7 Å². The van der Waals surface area contributed by atoms with Crippen LogP contribution in [-0.2, 0) is 4.79 Å². The molecule has 1 heterocycles. The molecule has 110 valence electrons. The van der Waals surface area contributed by atoms with Crippen LogP contribution in [0.4, 0.5) is 11.4 Å². The van der Waals surface area contributed by atoms with E-state index in [-0.39, 0.29) is 5.91 Å². The van der Waals surface area contributed by atoms with Crippen LogP contribution in [-0.4, -0.2) is 57.6 Å². The number of benzene rings is 1. The second-order valence-electron chi connectivity index (χ2n) is 5.13. The number of carbonyl (C=O) groups is 1. The van der Waals surface area contributed by atoms with Gasteiger partial charge in [-0.25, -0.2) is 0 Å². The number of rotatable bonds is 4. The van der Waals surface area contributed by atoms with Crippen molar-refractivity contribution in [1.29, 1.82) is 0 Å². The van der Waals surface area contributed by atoms with Gasteiger partial charge in [0, 0.05) is 44.7 Å². The van der Waals surface area contributed by atoms with Gasteiger partial charge in [0.15, 0.2) is 0 Å². The second kappa shape index (κ2) is 7.06. The Kier molecular flexibility index (Phi) is 5.39. The molecule has 1 aromatic carbocycles. The summed E-state index contributed by atoms with van der Waals surface area (Å²) < 4.78 is 0.959. The average molecular weight is 341 g/mol. The highest BCUT2D eigenvalue weighted by Crippen LogP contribution is 2.27. The highest BCUT2D eigenvalue weighted by Gasteiger charge is 2.15. The van der Waals surface area contributed by atoms with Crippen molar-refractivity contribution in [2.75, 3.05) is 57.0 Å². The van der Waals surface area contributed by atoms with Crippen molar-refractivity contribution >= 4 is 33.2 Å². The fourth-order valence-corrected chi connectivity index (χ4v) is 2.62. The van der Waals surface area contributed by atoms with Crippen LogP contribution in [0.5, 0.6) is 0 Å². The predicted molar refractivity (Wildman–Crippen MR) is 86.4 cm³/mol. The summed E-state index contributed by atoms with van der Waals surface area (Å²) >= 11 is 3.45. The molecule has 5 nitrogen and oxygen atoms in total. The first-order valence-electron chi connectivity index (χ1n) is 6.76. The van der Waals surface area contributed by atoms with Crippen molar-refractivity contribution < 1.29 is 4.79 Å². The molecule has 0 aliphatic carbocycles. The Labute approximate surface area is 128 Å². The normalized spacial score (nSPS) is 15.9. The van der Waals surface area contributed by atoms with Crippen molar-refractivity contribution in [3.8, 4) is 0 Å². The summed E-state index contributed by atoms with van der Waals surface area (Å²) in [4.78, 5) is 16.3. The Morgan fingerprint density at radius 3 is 2.75 bits per heavy atom. The van der Waals surface area contributed by atoms with Crippen molar-refractivity contribution in [2.24, 2.45) is 0 Å². The summed E-state index contributed by atoms with van der Waals surface area (Å²) in [5.41, 5.74) is 1.84. The van der Waals surface area contributed by atoms with E-state index in [1.165, 1.54) is 0 Å². The van der Waals surface area contributed by atoms with Gasteiger partial charge in [-0.05, 0) is 18.2 Å². The number of amides is 1. The van der Waals surface area contributed by atoms with E-state index < -0.39 is 0 Å². The van der Waals surface area contributed by atoms with Gasteiger partial charge in [-0.2, -0.15) is 0 Å². The molecule has 1 aliphatic heterocycles. The van der Waals surface area contributed by atoms with E-state index in [1.807, 2.05) is 37.2 Å². The largest absolute Gasteiger partial charge is 0.376 e. The van der Waals surface area contributed by atoms with Gasteiger partial charge in [-0.15, -0.1) is 0 Å². The maximum absolute atomic E-state index is 12.2. The maximum Gasteiger partial charge on any atom is 0.238 e. The van der Waals surface area contributed by atoms with Gasteiger partial charge in [-0.1, -0.05) is 15.9 Å². The molecule has 0 unspecified atom stereocenters. The van der Waals surface area contributed by atoms with Crippen LogP contribution in [0.1, 0.15) is 0 Å². The summed E-state index contributed by atoms with van der Waals surface area (Å²) in [6.45, 7) is 4.19. The summed E-state index contributed by atoms with van der Waals surface area (Å²) in [6.07, 6.45) is 0. The zero-order valence-electron chi connectivity index (χ0n) is 11.9. The molecule has 20 heavy (non-hydrogen) atoms. The minimum Gasteiger partial charge on any atom is -0.376 e. The van der Waals surface area contributed by atoms with Gasteiger partial charge in [-0.3, -0.25) is 9.69 Å². The molecule has 0 radical (unpaired) electrons. The Morgan fingerprint density at radius 2 is 2.10 bits per heavy atom. The minimum absolute atomic E-state index is 0.0353. The molecule has 1 aliphatic rings. The van der Waals surface area contributed by atoms with Crippen LogP contribution in [0.3, 0.4) is 0 Å². The molecule has 0 aromatic heterocycles. The number of hydrogen-bond acceptors (Lipinski definition) is 4. The van der Waals surface area contributed by atoms with E-state index in [9.17, 15) is 4.79 Å². The third-order valence-corrected chi connectivity index (χ3v) is 3.78. The first kappa shape index (κ1) is 15.3. The smallest absolute Gasteiger partial charge is 0.238 e. The van der Waals surface area contributed by atoms with E-state index in [0.717, 1.165) is 42.0 Å². The lowest BCUT2D eigenvalue weighted by atomic mass is 10.2. The summed E-state index contributed by atoms with van der Waals surface area (Å²) in [6, 6.07) is 5.90. The average Bonchev–Trinajstić information content (AvgIpc) is 2.39. The lowest BCUT2D eigenvalue weighted by molar-refractivity contribution is -0.117. The molecule has 1 fully saturated rings. The SMILES string of the molecule is CN(C)c1ccc(Br)cc1NC(=O)CN1CCNCC1. The van der Waals surface area contributed by atoms with Gasteiger partial charge in [0.05, 0.1) is 17.9 Å². The third-order valence-electron chi connectivity index (χ3n) is 3.29. The third kappa shape index (κ3) is 4.19. The standard InChI is InChI=1S/C14H21BrN4O/c1-18(2)13-4-3-11(15)9-12(13)17-14(20)10-19-7-5-16-6-8-19/h3-4,9,16H,5-8,10H2,1-2H3,(H,17,20). The lowest BCUT2D eigenvalue weighted by Gasteiger charge is -2.26. The monoisotopic (exact) mass is 340 g/mol. The van der Waals surface area contributed by atoms with Crippen molar-refractivity contribution in [1.82, 2.24) is 10.2 Å². The molecule has 2 N–H and O–H groups in total. The molecule has 0 saturated carbocycles. The van der Waals surface area contributed by atoms with Gasteiger partial charge in [0.2, 0.25) is 5.91 Å². The van der Waals surface area contributed by atoms with E-state index in [1.54, 1.807) is 0 Å². The number of nitrogens with one attached hydrogen (secondary N) is 2. The Hall–Kier alpha value is -1.11. The zero-order chi connectivity index (χ0) is 14.5. The molecular formula is C14H21BrN4O. The van der Waals surface area contributed by atoms with Gasteiger partial charge >= 0.3 is 0 Å². The first-order chi connectivity index (χ1) is 9.56. The van der Waals surface area contributed by atoms with E-state index in [0.29, 0.717) is 6.54 Å². The van der Waals surface area contributed by atoms with Crippen molar-refractivity contribution in [3.63, 3.8) is 0 Å².